The third-order valence-electron chi connectivity index (χ3n) is 3.95. The van der Waals surface area contributed by atoms with Crippen LogP contribution >= 0.6 is 0 Å². The fourth-order valence-corrected chi connectivity index (χ4v) is 3.02. The Balaban J connectivity index is 1.79. The Morgan fingerprint density at radius 1 is 1.42 bits per heavy atom. The minimum atomic E-state index is -0.962. The van der Waals surface area contributed by atoms with Crippen LogP contribution in [0.25, 0.3) is 0 Å². The molecule has 0 spiro atoms. The number of carbonyl (C=O) groups excluding carboxylic acids is 1. The number of nitrogens with zero attached hydrogens (tertiary/aromatic N) is 1. The van der Waals surface area contributed by atoms with E-state index in [1.807, 2.05) is 0 Å². The maximum Gasteiger partial charge on any atom is 0.310 e. The first-order valence-electron chi connectivity index (χ1n) is 6.27. The Hall–Kier alpha value is -1.89. The van der Waals surface area contributed by atoms with Crippen LogP contribution in [0.2, 0.25) is 0 Å². The Bertz CT molecular complexity index is 527. The van der Waals surface area contributed by atoms with E-state index in [2.05, 4.69) is 15.5 Å². The van der Waals surface area contributed by atoms with E-state index >= 15 is 0 Å². The molecule has 2 aliphatic rings. The van der Waals surface area contributed by atoms with E-state index in [1.54, 1.807) is 6.92 Å². The molecule has 3 N–H and O–H groups in total. The van der Waals surface area contributed by atoms with Gasteiger partial charge in [0.25, 0.3) is 0 Å². The van der Waals surface area contributed by atoms with Crippen molar-refractivity contribution >= 4 is 17.6 Å². The zero-order chi connectivity index (χ0) is 13.6. The average molecular weight is 265 g/mol. The maximum absolute atomic E-state index is 12.3. The van der Waals surface area contributed by atoms with Crippen molar-refractivity contribution in [2.45, 2.75) is 32.0 Å². The van der Waals surface area contributed by atoms with Crippen molar-refractivity contribution in [3.63, 3.8) is 0 Å². The smallest absolute Gasteiger partial charge is 0.310 e. The molecule has 0 unspecified atom stereocenters. The van der Waals surface area contributed by atoms with Gasteiger partial charge in [-0.3, -0.25) is 14.7 Å². The van der Waals surface area contributed by atoms with Crippen LogP contribution < -0.4 is 5.32 Å². The highest BCUT2D eigenvalue weighted by Gasteiger charge is 2.55. The van der Waals surface area contributed by atoms with Crippen molar-refractivity contribution in [3.05, 3.63) is 11.9 Å². The molecule has 2 saturated heterocycles. The molecule has 2 bridgehead atoms. The number of hydrogen-bond acceptors (Lipinski definition) is 4. The van der Waals surface area contributed by atoms with Crippen LogP contribution in [0, 0.1) is 18.8 Å². The molecule has 4 atom stereocenters. The quantitative estimate of drug-likeness (QED) is 0.739. The van der Waals surface area contributed by atoms with E-state index < -0.39 is 17.8 Å². The van der Waals surface area contributed by atoms with Crippen molar-refractivity contribution in [1.82, 2.24) is 10.2 Å². The van der Waals surface area contributed by atoms with Crippen molar-refractivity contribution in [1.29, 1.82) is 0 Å². The standard InChI is InChI=1S/C12H15N3O4/c1-5-6(4-13-15-5)14-11(16)9-7-2-3-8(19-7)10(9)12(17)18/h4,7-10H,2-3H2,1H3,(H,13,15)(H,14,16)(H,17,18)/t7-,8-,9+,10+/m1/s1. The van der Waals surface area contributed by atoms with Gasteiger partial charge in [0.05, 0.1) is 41.6 Å². The summed E-state index contributed by atoms with van der Waals surface area (Å²) in [6.07, 6.45) is 2.37. The number of carboxylic acids is 1. The molecule has 102 valence electrons. The number of anilines is 1. The van der Waals surface area contributed by atoms with Gasteiger partial charge in [0.2, 0.25) is 5.91 Å². The van der Waals surface area contributed by atoms with E-state index in [-0.39, 0.29) is 18.1 Å². The molecule has 2 fully saturated rings. The van der Waals surface area contributed by atoms with Crippen LogP contribution in [-0.2, 0) is 14.3 Å². The largest absolute Gasteiger partial charge is 0.481 e. The molecule has 0 aliphatic carbocycles. The fourth-order valence-electron chi connectivity index (χ4n) is 3.02. The number of ether oxygens (including phenoxy) is 1. The highest BCUT2D eigenvalue weighted by Crippen LogP contribution is 2.44. The van der Waals surface area contributed by atoms with Gasteiger partial charge in [0.15, 0.2) is 0 Å². The summed E-state index contributed by atoms with van der Waals surface area (Å²) >= 11 is 0. The number of aromatic amines is 1. The van der Waals surface area contributed by atoms with Crippen LogP contribution in [0.15, 0.2) is 6.20 Å². The Morgan fingerprint density at radius 3 is 2.68 bits per heavy atom. The lowest BCUT2D eigenvalue weighted by Gasteiger charge is -2.23. The summed E-state index contributed by atoms with van der Waals surface area (Å²) in [5.41, 5.74) is 1.32. The monoisotopic (exact) mass is 265 g/mol. The van der Waals surface area contributed by atoms with Crippen LogP contribution in [0.3, 0.4) is 0 Å². The topological polar surface area (TPSA) is 104 Å². The van der Waals surface area contributed by atoms with Gasteiger partial charge in [-0.2, -0.15) is 5.10 Å². The van der Waals surface area contributed by atoms with Gasteiger partial charge in [-0.1, -0.05) is 0 Å². The third-order valence-corrected chi connectivity index (χ3v) is 3.95. The summed E-state index contributed by atoms with van der Waals surface area (Å²) < 4.78 is 5.56. The highest BCUT2D eigenvalue weighted by atomic mass is 16.5. The van der Waals surface area contributed by atoms with Gasteiger partial charge < -0.3 is 15.2 Å². The van der Waals surface area contributed by atoms with Gasteiger partial charge in [-0.05, 0) is 19.8 Å². The molecule has 19 heavy (non-hydrogen) atoms. The number of hydrogen-bond donors (Lipinski definition) is 3. The predicted molar refractivity (Wildman–Crippen MR) is 64.5 cm³/mol. The van der Waals surface area contributed by atoms with Crippen LogP contribution in [0.5, 0.6) is 0 Å². The third kappa shape index (κ3) is 1.90. The van der Waals surface area contributed by atoms with E-state index in [4.69, 9.17) is 4.74 Å². The molecule has 1 aromatic rings. The van der Waals surface area contributed by atoms with E-state index in [0.29, 0.717) is 5.69 Å². The lowest BCUT2D eigenvalue weighted by atomic mass is 9.78. The number of aromatic nitrogens is 2. The van der Waals surface area contributed by atoms with Crippen LogP contribution in [0.1, 0.15) is 18.5 Å². The Labute approximate surface area is 109 Å². The van der Waals surface area contributed by atoms with Crippen molar-refractivity contribution in [3.8, 4) is 0 Å². The van der Waals surface area contributed by atoms with Gasteiger partial charge in [0.1, 0.15) is 0 Å². The molecule has 0 aromatic carbocycles. The maximum atomic E-state index is 12.3. The Kier molecular flexibility index (Phi) is 2.78. The number of carboxylic acid groups (broad SMARTS) is 1. The van der Waals surface area contributed by atoms with Crippen molar-refractivity contribution in [2.24, 2.45) is 11.8 Å². The number of aryl methyl sites for hydroxylation is 1. The minimum Gasteiger partial charge on any atom is -0.481 e. The normalized spacial score (nSPS) is 32.5. The molecule has 3 heterocycles. The Morgan fingerprint density at radius 2 is 2.11 bits per heavy atom. The zero-order valence-corrected chi connectivity index (χ0v) is 10.4. The van der Waals surface area contributed by atoms with Gasteiger partial charge in [0, 0.05) is 0 Å². The fraction of sp³-hybridized carbons (Fsp3) is 0.583. The summed E-state index contributed by atoms with van der Waals surface area (Å²) in [6, 6.07) is 0. The summed E-state index contributed by atoms with van der Waals surface area (Å²) in [7, 11) is 0. The second kappa shape index (κ2) is 4.34. The lowest BCUT2D eigenvalue weighted by Crippen LogP contribution is -2.41. The van der Waals surface area contributed by atoms with E-state index in [9.17, 15) is 14.7 Å². The molecule has 1 aromatic heterocycles. The number of rotatable bonds is 3. The number of aliphatic carboxylic acids is 1. The van der Waals surface area contributed by atoms with Crippen molar-refractivity contribution < 1.29 is 19.4 Å². The summed E-state index contributed by atoms with van der Waals surface area (Å²) in [5, 5.41) is 18.5. The molecule has 1 amide bonds. The zero-order valence-electron chi connectivity index (χ0n) is 10.4. The molecule has 0 radical (unpaired) electrons. The summed E-state index contributed by atoms with van der Waals surface area (Å²) in [4.78, 5) is 23.6. The van der Waals surface area contributed by atoms with Crippen LogP contribution in [0.4, 0.5) is 5.69 Å². The van der Waals surface area contributed by atoms with Crippen LogP contribution in [-0.4, -0.2) is 39.4 Å². The van der Waals surface area contributed by atoms with Gasteiger partial charge in [-0.15, -0.1) is 0 Å². The van der Waals surface area contributed by atoms with E-state index in [1.165, 1.54) is 6.20 Å². The molecule has 2 aliphatic heterocycles. The number of carbonyl (C=O) groups is 2. The highest BCUT2D eigenvalue weighted by molar-refractivity contribution is 5.96. The molecular formula is C12H15N3O4. The van der Waals surface area contributed by atoms with E-state index in [0.717, 1.165) is 18.5 Å². The molecule has 7 nitrogen and oxygen atoms in total. The molecule has 0 saturated carbocycles. The number of H-pyrrole nitrogens is 1. The average Bonchev–Trinajstić information content (AvgIpc) is 3.04. The summed E-state index contributed by atoms with van der Waals surface area (Å²) in [5.74, 6) is -2.63. The number of fused-ring (bicyclic) bond motifs is 2. The lowest BCUT2D eigenvalue weighted by molar-refractivity contribution is -0.147. The SMILES string of the molecule is Cc1[nH]ncc1NC(=O)[C@@H]1[C@@H](C(=O)O)[C@H]2CC[C@H]1O2. The van der Waals surface area contributed by atoms with Gasteiger partial charge >= 0.3 is 5.97 Å². The first-order chi connectivity index (χ1) is 9.08. The number of amides is 1. The minimum absolute atomic E-state index is 0.279. The first kappa shape index (κ1) is 12.2. The summed E-state index contributed by atoms with van der Waals surface area (Å²) in [6.45, 7) is 1.79. The second-order valence-electron chi connectivity index (χ2n) is 5.08. The second-order valence-corrected chi connectivity index (χ2v) is 5.08. The number of nitrogens with one attached hydrogen (secondary N) is 2. The molecule has 3 rings (SSSR count). The molecule has 7 heteroatoms. The van der Waals surface area contributed by atoms with Gasteiger partial charge in [-0.25, -0.2) is 0 Å². The molecular weight excluding hydrogens is 250 g/mol. The first-order valence-corrected chi connectivity index (χ1v) is 6.27. The predicted octanol–water partition coefficient (Wildman–Crippen LogP) is 0.535. The van der Waals surface area contributed by atoms with Crippen molar-refractivity contribution in [2.75, 3.05) is 5.32 Å².